The molecule has 6 rings (SSSR count). The molecule has 4 nitrogen and oxygen atoms in total. The van der Waals surface area contributed by atoms with Crippen molar-refractivity contribution >= 4 is 11.4 Å². The van der Waals surface area contributed by atoms with E-state index >= 15 is 0 Å². The van der Waals surface area contributed by atoms with E-state index in [1.165, 1.54) is 0 Å². The Hall–Kier alpha value is -5.48. The summed E-state index contributed by atoms with van der Waals surface area (Å²) in [5.41, 5.74) is 21.2. The molecule has 4 heteroatoms. The van der Waals surface area contributed by atoms with Gasteiger partial charge in [-0.3, -0.25) is 0 Å². The van der Waals surface area contributed by atoms with Crippen LogP contribution in [0.5, 0.6) is 11.5 Å². The van der Waals surface area contributed by atoms with Crippen LogP contribution in [0.15, 0.2) is 133 Å². The van der Waals surface area contributed by atoms with Crippen molar-refractivity contribution in [3.05, 3.63) is 133 Å². The van der Waals surface area contributed by atoms with E-state index in [9.17, 15) is 10.2 Å². The van der Waals surface area contributed by atoms with E-state index in [1.807, 2.05) is 127 Å². The van der Waals surface area contributed by atoms with Gasteiger partial charge in [0.15, 0.2) is 0 Å². The van der Waals surface area contributed by atoms with Gasteiger partial charge in [0.05, 0.1) is 16.9 Å². The second-order valence-corrected chi connectivity index (χ2v) is 9.65. The van der Waals surface area contributed by atoms with Crippen LogP contribution in [-0.2, 0) is 0 Å². The predicted molar refractivity (Wildman–Crippen MR) is 166 cm³/mol. The molecule has 0 bridgehead atoms. The zero-order chi connectivity index (χ0) is 27.6. The van der Waals surface area contributed by atoms with E-state index in [-0.39, 0.29) is 17.2 Å². The van der Waals surface area contributed by atoms with Crippen LogP contribution in [0.25, 0.3) is 55.6 Å². The Kier molecular flexibility index (Phi) is 6.43. The first-order valence-electron chi connectivity index (χ1n) is 13.1. The minimum atomic E-state index is -0.0468. The Balaban J connectivity index is 1.77. The fourth-order valence-electron chi connectivity index (χ4n) is 5.43. The normalized spacial score (nSPS) is 10.9. The molecule has 0 spiro atoms. The molecule has 6 N–H and O–H groups in total. The van der Waals surface area contributed by atoms with Gasteiger partial charge in [-0.2, -0.15) is 0 Å². The molecule has 0 atom stereocenters. The second kappa shape index (κ2) is 10.4. The molecule has 0 saturated heterocycles. The molecule has 0 aliphatic rings. The number of phenols is 2. The third-order valence-electron chi connectivity index (χ3n) is 7.26. The zero-order valence-electron chi connectivity index (χ0n) is 21.8. The van der Waals surface area contributed by atoms with Crippen LogP contribution in [-0.4, -0.2) is 10.2 Å². The minimum Gasteiger partial charge on any atom is -0.507 e. The third-order valence-corrected chi connectivity index (χ3v) is 7.26. The summed E-state index contributed by atoms with van der Waals surface area (Å²) < 4.78 is 0. The van der Waals surface area contributed by atoms with Crippen molar-refractivity contribution in [1.82, 2.24) is 0 Å². The molecule has 0 heterocycles. The summed E-state index contributed by atoms with van der Waals surface area (Å²) >= 11 is 0. The molecule has 0 unspecified atom stereocenters. The molecule has 6 aromatic carbocycles. The number of aromatic hydroxyl groups is 2. The fraction of sp³-hybridized carbons (Fsp3) is 0. The van der Waals surface area contributed by atoms with Gasteiger partial charge in [-0.25, -0.2) is 0 Å². The maximum atomic E-state index is 12.2. The zero-order valence-corrected chi connectivity index (χ0v) is 21.8. The Morgan fingerprint density at radius 2 is 0.750 bits per heavy atom. The maximum absolute atomic E-state index is 12.2. The van der Waals surface area contributed by atoms with E-state index in [0.717, 1.165) is 33.4 Å². The van der Waals surface area contributed by atoms with Crippen molar-refractivity contribution in [2.75, 3.05) is 11.5 Å². The number of hydrogen-bond donors (Lipinski definition) is 4. The predicted octanol–water partition coefficient (Wildman–Crippen LogP) is 8.60. The average molecular weight is 521 g/mol. The van der Waals surface area contributed by atoms with Crippen LogP contribution >= 0.6 is 0 Å². The van der Waals surface area contributed by atoms with E-state index < -0.39 is 0 Å². The van der Waals surface area contributed by atoms with Gasteiger partial charge in [0.2, 0.25) is 0 Å². The van der Waals surface area contributed by atoms with Gasteiger partial charge in [0, 0.05) is 22.3 Å². The van der Waals surface area contributed by atoms with E-state index in [2.05, 4.69) is 0 Å². The molecule has 0 aromatic heterocycles. The van der Waals surface area contributed by atoms with Gasteiger partial charge >= 0.3 is 0 Å². The highest BCUT2D eigenvalue weighted by molar-refractivity contribution is 6.10. The summed E-state index contributed by atoms with van der Waals surface area (Å²) in [7, 11) is 0. The summed E-state index contributed by atoms with van der Waals surface area (Å²) in [6.45, 7) is 0. The van der Waals surface area contributed by atoms with Crippen molar-refractivity contribution in [1.29, 1.82) is 0 Å². The molecule has 0 aliphatic heterocycles. The lowest BCUT2D eigenvalue weighted by molar-refractivity contribution is 0.470. The number of hydrogen-bond acceptors (Lipinski definition) is 4. The van der Waals surface area contributed by atoms with Gasteiger partial charge in [-0.1, -0.05) is 127 Å². The lowest BCUT2D eigenvalue weighted by atomic mass is 9.82. The number of anilines is 2. The molecule has 6 aromatic rings. The van der Waals surface area contributed by atoms with Gasteiger partial charge in [0.25, 0.3) is 0 Å². The topological polar surface area (TPSA) is 92.5 Å². The molecule has 194 valence electrons. The van der Waals surface area contributed by atoms with Crippen molar-refractivity contribution in [3.8, 4) is 67.1 Å². The Morgan fingerprint density at radius 3 is 1.25 bits per heavy atom. The van der Waals surface area contributed by atoms with Crippen LogP contribution in [0, 0.1) is 0 Å². The highest BCUT2D eigenvalue weighted by Crippen LogP contribution is 2.56. The van der Waals surface area contributed by atoms with Crippen LogP contribution in [0.3, 0.4) is 0 Å². The smallest absolute Gasteiger partial charge is 0.134 e. The standard InChI is InChI=1S/C36H28N2O2/c37-34-30(25-17-9-3-10-18-25)31(26-19-11-4-12-20-26)36(40)33(35(34)38)32-28(39)22-21-27(23-13-5-1-6-14-23)29(32)24-15-7-2-8-16-24/h1-22,39-40H,37-38H2. The maximum Gasteiger partial charge on any atom is 0.134 e. The first-order valence-corrected chi connectivity index (χ1v) is 13.1. The van der Waals surface area contributed by atoms with Crippen LogP contribution in [0.4, 0.5) is 11.4 Å². The monoisotopic (exact) mass is 520 g/mol. The first kappa shape index (κ1) is 24.8. The first-order chi connectivity index (χ1) is 19.6. The number of benzene rings is 6. The molecule has 0 fully saturated rings. The quantitative estimate of drug-likeness (QED) is 0.135. The Labute approximate surface area is 233 Å². The summed E-state index contributed by atoms with van der Waals surface area (Å²) in [6.07, 6.45) is 0. The van der Waals surface area contributed by atoms with Gasteiger partial charge in [0.1, 0.15) is 11.5 Å². The molecular formula is C36H28N2O2. The van der Waals surface area contributed by atoms with Crippen molar-refractivity contribution in [3.63, 3.8) is 0 Å². The number of phenolic OH excluding ortho intramolecular Hbond substituents is 2. The molecular weight excluding hydrogens is 492 g/mol. The van der Waals surface area contributed by atoms with Crippen LogP contribution in [0.2, 0.25) is 0 Å². The molecule has 0 amide bonds. The fourth-order valence-corrected chi connectivity index (χ4v) is 5.43. The molecule has 40 heavy (non-hydrogen) atoms. The van der Waals surface area contributed by atoms with Gasteiger partial charge in [-0.15, -0.1) is 0 Å². The molecule has 0 radical (unpaired) electrons. The van der Waals surface area contributed by atoms with Crippen LogP contribution in [0.1, 0.15) is 0 Å². The highest BCUT2D eigenvalue weighted by Gasteiger charge is 2.28. The largest absolute Gasteiger partial charge is 0.507 e. The lowest BCUT2D eigenvalue weighted by Crippen LogP contribution is -2.04. The average Bonchev–Trinajstić information content (AvgIpc) is 3.01. The van der Waals surface area contributed by atoms with E-state index in [0.29, 0.717) is 27.9 Å². The highest BCUT2D eigenvalue weighted by atomic mass is 16.3. The summed E-state index contributed by atoms with van der Waals surface area (Å²) in [5, 5.41) is 23.6. The van der Waals surface area contributed by atoms with Crippen molar-refractivity contribution in [2.24, 2.45) is 0 Å². The second-order valence-electron chi connectivity index (χ2n) is 9.65. The Morgan fingerprint density at radius 1 is 0.350 bits per heavy atom. The minimum absolute atomic E-state index is 0.00796. The third kappa shape index (κ3) is 4.22. The van der Waals surface area contributed by atoms with Crippen LogP contribution < -0.4 is 11.5 Å². The summed E-state index contributed by atoms with van der Waals surface area (Å²) in [4.78, 5) is 0. The number of nitrogens with two attached hydrogens (primary N) is 2. The number of rotatable bonds is 5. The summed E-state index contributed by atoms with van der Waals surface area (Å²) in [5.74, 6) is -0.0548. The Bertz CT molecular complexity index is 1800. The number of nitrogen functional groups attached to an aromatic ring is 2. The van der Waals surface area contributed by atoms with Crippen molar-refractivity contribution < 1.29 is 10.2 Å². The SMILES string of the molecule is Nc1c(N)c(-c2ccccc2)c(-c2ccccc2)c(O)c1-c1c(O)ccc(-c2ccccc2)c1-c1ccccc1. The van der Waals surface area contributed by atoms with Gasteiger partial charge in [-0.05, 0) is 33.9 Å². The van der Waals surface area contributed by atoms with Gasteiger partial charge < -0.3 is 21.7 Å². The molecule has 0 aliphatic carbocycles. The van der Waals surface area contributed by atoms with E-state index in [1.54, 1.807) is 6.07 Å². The molecule has 0 saturated carbocycles. The summed E-state index contributed by atoms with van der Waals surface area (Å²) in [6, 6.07) is 42.6. The van der Waals surface area contributed by atoms with E-state index in [4.69, 9.17) is 11.5 Å². The lowest BCUT2D eigenvalue weighted by Gasteiger charge is -2.24. The van der Waals surface area contributed by atoms with Crippen molar-refractivity contribution in [2.45, 2.75) is 0 Å².